The van der Waals surface area contributed by atoms with Crippen LogP contribution in [0.2, 0.25) is 0 Å². The van der Waals surface area contributed by atoms with Crippen LogP contribution >= 0.6 is 0 Å². The lowest BCUT2D eigenvalue weighted by atomic mass is 9.78. The highest BCUT2D eigenvalue weighted by molar-refractivity contribution is 5.83. The van der Waals surface area contributed by atoms with E-state index < -0.39 is 0 Å². The number of carbonyl (C=O) groups is 1. The van der Waals surface area contributed by atoms with E-state index in [4.69, 9.17) is 4.74 Å². The first kappa shape index (κ1) is 14.8. The van der Waals surface area contributed by atoms with Crippen LogP contribution in [0.4, 0.5) is 0 Å². The largest absolute Gasteiger partial charge is 0.384 e. The number of piperidine rings is 1. The van der Waals surface area contributed by atoms with Crippen molar-refractivity contribution in [2.75, 3.05) is 26.8 Å². The highest BCUT2D eigenvalue weighted by atomic mass is 16.5. The van der Waals surface area contributed by atoms with Gasteiger partial charge in [0, 0.05) is 13.2 Å². The fraction of sp³-hybridized carbons (Fsp3) is 0.933. The van der Waals surface area contributed by atoms with Gasteiger partial charge in [-0.2, -0.15) is 0 Å². The van der Waals surface area contributed by atoms with Gasteiger partial charge in [-0.3, -0.25) is 4.79 Å². The van der Waals surface area contributed by atoms with Crippen LogP contribution in [0.25, 0.3) is 0 Å². The summed E-state index contributed by atoms with van der Waals surface area (Å²) in [6.07, 6.45) is 6.92. The average Bonchev–Trinajstić information content (AvgIpc) is 2.94. The second-order valence-electron chi connectivity index (χ2n) is 6.27. The van der Waals surface area contributed by atoms with Crippen LogP contribution < -0.4 is 10.6 Å². The first-order chi connectivity index (χ1) is 9.18. The smallest absolute Gasteiger partial charge is 0.228 e. The van der Waals surface area contributed by atoms with E-state index in [1.807, 2.05) is 0 Å². The molecule has 2 aliphatic rings. The second-order valence-corrected chi connectivity index (χ2v) is 6.27. The van der Waals surface area contributed by atoms with Gasteiger partial charge in [-0.1, -0.05) is 12.8 Å². The van der Waals surface area contributed by atoms with E-state index >= 15 is 0 Å². The molecule has 0 spiro atoms. The van der Waals surface area contributed by atoms with E-state index in [1.54, 1.807) is 7.11 Å². The minimum absolute atomic E-state index is 0.204. The van der Waals surface area contributed by atoms with Crippen molar-refractivity contribution in [1.29, 1.82) is 0 Å². The molecule has 1 aliphatic carbocycles. The number of nitrogens with one attached hydrogen (secondary N) is 2. The van der Waals surface area contributed by atoms with Gasteiger partial charge in [-0.05, 0) is 51.6 Å². The Bertz CT molecular complexity index is 289. The SMILES string of the molecule is COCC1(C(=O)N[C@H](C)C2CCCC2)CCNCC1. The Morgan fingerprint density at radius 2 is 2.00 bits per heavy atom. The Balaban J connectivity index is 1.94. The average molecular weight is 268 g/mol. The van der Waals surface area contributed by atoms with E-state index in [2.05, 4.69) is 17.6 Å². The zero-order valence-electron chi connectivity index (χ0n) is 12.3. The number of hydrogen-bond donors (Lipinski definition) is 2. The first-order valence-corrected chi connectivity index (χ1v) is 7.68. The molecule has 0 unspecified atom stereocenters. The van der Waals surface area contributed by atoms with Crippen molar-refractivity contribution in [3.05, 3.63) is 0 Å². The molecule has 2 rings (SSSR count). The summed E-state index contributed by atoms with van der Waals surface area (Å²) in [6, 6.07) is 0.304. The van der Waals surface area contributed by atoms with Crippen molar-refractivity contribution in [2.24, 2.45) is 11.3 Å². The number of carbonyl (C=O) groups excluding carboxylic acids is 1. The van der Waals surface area contributed by atoms with E-state index in [9.17, 15) is 4.79 Å². The van der Waals surface area contributed by atoms with Crippen LogP contribution in [0.3, 0.4) is 0 Å². The van der Waals surface area contributed by atoms with Crippen LogP contribution in [0, 0.1) is 11.3 Å². The third-order valence-corrected chi connectivity index (χ3v) is 4.93. The maximum atomic E-state index is 12.7. The number of hydrogen-bond acceptors (Lipinski definition) is 3. The summed E-state index contributed by atoms with van der Waals surface area (Å²) in [4.78, 5) is 12.7. The van der Waals surface area contributed by atoms with Crippen molar-refractivity contribution >= 4 is 5.91 Å². The summed E-state index contributed by atoms with van der Waals surface area (Å²) in [5.41, 5.74) is -0.313. The van der Waals surface area contributed by atoms with Crippen LogP contribution in [0.5, 0.6) is 0 Å². The minimum atomic E-state index is -0.313. The van der Waals surface area contributed by atoms with Crippen LogP contribution in [-0.4, -0.2) is 38.8 Å². The fourth-order valence-electron chi connectivity index (χ4n) is 3.55. The molecule has 1 heterocycles. The number of ether oxygens (including phenoxy) is 1. The summed E-state index contributed by atoms with van der Waals surface area (Å²) in [5.74, 6) is 0.875. The second kappa shape index (κ2) is 6.71. The maximum absolute atomic E-state index is 12.7. The molecule has 0 aromatic heterocycles. The number of methoxy groups -OCH3 is 1. The highest BCUT2D eigenvalue weighted by Gasteiger charge is 2.40. The number of amides is 1. The molecule has 0 bridgehead atoms. The molecule has 1 amide bonds. The fourth-order valence-corrected chi connectivity index (χ4v) is 3.55. The molecule has 2 fully saturated rings. The standard InChI is InChI=1S/C15H28N2O2/c1-12(13-5-3-4-6-13)17-14(18)15(11-19-2)7-9-16-10-8-15/h12-13,16H,3-11H2,1-2H3,(H,17,18)/t12-/m1/s1. The Morgan fingerprint density at radius 3 is 2.58 bits per heavy atom. The summed E-state index contributed by atoms with van der Waals surface area (Å²) in [6.45, 7) is 4.52. The predicted molar refractivity (Wildman–Crippen MR) is 76.0 cm³/mol. The molecule has 110 valence electrons. The summed E-state index contributed by atoms with van der Waals surface area (Å²) in [7, 11) is 1.69. The Kier molecular flexibility index (Phi) is 5.22. The van der Waals surface area contributed by atoms with E-state index in [0.29, 0.717) is 18.6 Å². The Hall–Kier alpha value is -0.610. The summed E-state index contributed by atoms with van der Waals surface area (Å²) >= 11 is 0. The lowest BCUT2D eigenvalue weighted by Gasteiger charge is -2.37. The predicted octanol–water partition coefficient (Wildman–Crippen LogP) is 1.70. The Morgan fingerprint density at radius 1 is 1.37 bits per heavy atom. The molecule has 4 nitrogen and oxygen atoms in total. The maximum Gasteiger partial charge on any atom is 0.228 e. The van der Waals surface area contributed by atoms with Gasteiger partial charge in [0.05, 0.1) is 12.0 Å². The van der Waals surface area contributed by atoms with E-state index in [-0.39, 0.29) is 11.3 Å². The molecule has 1 atom stereocenters. The van der Waals surface area contributed by atoms with Gasteiger partial charge in [0.1, 0.15) is 0 Å². The lowest BCUT2D eigenvalue weighted by molar-refractivity contribution is -0.137. The van der Waals surface area contributed by atoms with Crippen LogP contribution in [0.15, 0.2) is 0 Å². The zero-order valence-corrected chi connectivity index (χ0v) is 12.3. The molecular weight excluding hydrogens is 240 g/mol. The van der Waals surface area contributed by atoms with Crippen molar-refractivity contribution in [2.45, 2.75) is 51.5 Å². The Labute approximate surface area is 116 Å². The molecule has 1 saturated heterocycles. The van der Waals surface area contributed by atoms with Crippen molar-refractivity contribution < 1.29 is 9.53 Å². The molecule has 0 radical (unpaired) electrons. The molecule has 1 saturated carbocycles. The van der Waals surface area contributed by atoms with Gasteiger partial charge in [-0.15, -0.1) is 0 Å². The van der Waals surface area contributed by atoms with E-state index in [0.717, 1.165) is 25.9 Å². The summed E-state index contributed by atoms with van der Waals surface area (Å²) in [5, 5.41) is 6.60. The van der Waals surface area contributed by atoms with Crippen LogP contribution in [-0.2, 0) is 9.53 Å². The van der Waals surface area contributed by atoms with Crippen LogP contribution in [0.1, 0.15) is 45.4 Å². The number of rotatable bonds is 5. The summed E-state index contributed by atoms with van der Waals surface area (Å²) < 4.78 is 5.32. The lowest BCUT2D eigenvalue weighted by Crippen LogP contribution is -2.53. The van der Waals surface area contributed by atoms with Crippen molar-refractivity contribution in [1.82, 2.24) is 10.6 Å². The molecular formula is C15H28N2O2. The third-order valence-electron chi connectivity index (χ3n) is 4.93. The normalized spacial score (nSPS) is 25.2. The van der Waals surface area contributed by atoms with Crippen molar-refractivity contribution in [3.8, 4) is 0 Å². The topological polar surface area (TPSA) is 50.4 Å². The quantitative estimate of drug-likeness (QED) is 0.798. The molecule has 2 N–H and O–H groups in total. The third kappa shape index (κ3) is 3.48. The van der Waals surface area contributed by atoms with Crippen molar-refractivity contribution in [3.63, 3.8) is 0 Å². The monoisotopic (exact) mass is 268 g/mol. The highest BCUT2D eigenvalue weighted by Crippen LogP contribution is 2.32. The van der Waals surface area contributed by atoms with Gasteiger partial charge < -0.3 is 15.4 Å². The van der Waals surface area contributed by atoms with Gasteiger partial charge in [0.2, 0.25) is 5.91 Å². The molecule has 0 aromatic rings. The minimum Gasteiger partial charge on any atom is -0.384 e. The van der Waals surface area contributed by atoms with Gasteiger partial charge in [0.25, 0.3) is 0 Å². The molecule has 19 heavy (non-hydrogen) atoms. The van der Waals surface area contributed by atoms with Gasteiger partial charge in [-0.25, -0.2) is 0 Å². The molecule has 0 aromatic carbocycles. The van der Waals surface area contributed by atoms with E-state index in [1.165, 1.54) is 25.7 Å². The first-order valence-electron chi connectivity index (χ1n) is 7.68. The zero-order chi connectivity index (χ0) is 13.7. The van der Waals surface area contributed by atoms with Gasteiger partial charge >= 0.3 is 0 Å². The molecule has 4 heteroatoms. The molecule has 1 aliphatic heterocycles. The van der Waals surface area contributed by atoms with Gasteiger partial charge in [0.15, 0.2) is 0 Å².